The second-order valence-corrected chi connectivity index (χ2v) is 6.87. The fourth-order valence-electron chi connectivity index (χ4n) is 2.96. The molecule has 1 aliphatic heterocycles. The maximum absolute atomic E-state index is 12.7. The van der Waals surface area contributed by atoms with E-state index >= 15 is 0 Å². The highest BCUT2D eigenvalue weighted by Crippen LogP contribution is 2.15. The molecule has 1 saturated heterocycles. The Bertz CT molecular complexity index is 601. The number of hydrogen-bond acceptors (Lipinski definition) is 4. The summed E-state index contributed by atoms with van der Waals surface area (Å²) in [7, 11) is 0. The fourth-order valence-corrected chi connectivity index (χ4v) is 2.96. The largest absolute Gasteiger partial charge is 0.324 e. The van der Waals surface area contributed by atoms with Gasteiger partial charge in [-0.25, -0.2) is 4.79 Å². The average Bonchev–Trinajstić information content (AvgIpc) is 2.77. The number of imide groups is 1. The Morgan fingerprint density at radius 3 is 2.68 bits per heavy atom. The van der Waals surface area contributed by atoms with E-state index in [1.54, 1.807) is 0 Å². The molecule has 6 heteroatoms. The van der Waals surface area contributed by atoms with Gasteiger partial charge in [-0.1, -0.05) is 44.2 Å². The van der Waals surface area contributed by atoms with Gasteiger partial charge in [0.15, 0.2) is 5.78 Å². The van der Waals surface area contributed by atoms with Gasteiger partial charge in [-0.3, -0.25) is 14.9 Å². The highest BCUT2D eigenvalue weighted by Gasteiger charge is 2.31. The second kappa shape index (κ2) is 9.32. The van der Waals surface area contributed by atoms with Gasteiger partial charge >= 0.3 is 6.03 Å². The van der Waals surface area contributed by atoms with E-state index in [-0.39, 0.29) is 30.6 Å². The van der Waals surface area contributed by atoms with Gasteiger partial charge in [0.25, 0.3) is 0 Å². The molecule has 6 nitrogen and oxygen atoms in total. The summed E-state index contributed by atoms with van der Waals surface area (Å²) in [6.07, 6.45) is 1.70. The lowest BCUT2D eigenvalue weighted by molar-refractivity contribution is -0.124. The van der Waals surface area contributed by atoms with E-state index < -0.39 is 12.1 Å². The SMILES string of the molecule is CC(C)CC(=O)NC(=O)N(Cc1ccccc1)[C@H]1CCCNCC1=O. The van der Waals surface area contributed by atoms with Crippen LogP contribution in [0.1, 0.15) is 38.7 Å². The smallest absolute Gasteiger partial charge is 0.310 e. The highest BCUT2D eigenvalue weighted by molar-refractivity contribution is 5.97. The Kier molecular flexibility index (Phi) is 7.13. The number of nitrogens with zero attached hydrogens (tertiary/aromatic N) is 1. The fraction of sp³-hybridized carbons (Fsp3) is 0.526. The van der Waals surface area contributed by atoms with E-state index in [0.29, 0.717) is 13.0 Å². The third-order valence-electron chi connectivity index (χ3n) is 4.17. The monoisotopic (exact) mass is 345 g/mol. The Labute approximate surface area is 149 Å². The van der Waals surface area contributed by atoms with Crippen LogP contribution in [0, 0.1) is 5.92 Å². The van der Waals surface area contributed by atoms with Crippen LogP contribution in [0.15, 0.2) is 30.3 Å². The van der Waals surface area contributed by atoms with Gasteiger partial charge in [0.2, 0.25) is 5.91 Å². The van der Waals surface area contributed by atoms with Gasteiger partial charge in [0.1, 0.15) is 0 Å². The third-order valence-corrected chi connectivity index (χ3v) is 4.17. The number of nitrogens with one attached hydrogen (secondary N) is 2. The standard InChI is InChI=1S/C19H27N3O3/c1-14(2)11-18(24)21-19(25)22(13-15-7-4-3-5-8-15)16-9-6-10-20-12-17(16)23/h3-5,7-8,14,16,20H,6,9-13H2,1-2H3,(H,21,24,25)/t16-/m0/s1. The Morgan fingerprint density at radius 2 is 2.00 bits per heavy atom. The summed E-state index contributed by atoms with van der Waals surface area (Å²) < 4.78 is 0. The number of carbonyl (C=O) groups excluding carboxylic acids is 3. The molecule has 3 amide bonds. The molecule has 25 heavy (non-hydrogen) atoms. The van der Waals surface area contributed by atoms with Gasteiger partial charge in [0, 0.05) is 13.0 Å². The van der Waals surface area contributed by atoms with E-state index in [0.717, 1.165) is 18.5 Å². The van der Waals surface area contributed by atoms with Crippen molar-refractivity contribution in [3.05, 3.63) is 35.9 Å². The summed E-state index contributed by atoms with van der Waals surface area (Å²) >= 11 is 0. The zero-order chi connectivity index (χ0) is 18.2. The molecule has 1 atom stereocenters. The first-order valence-electron chi connectivity index (χ1n) is 8.85. The first kappa shape index (κ1) is 19.1. The molecule has 0 aromatic heterocycles. The van der Waals surface area contributed by atoms with Crippen LogP contribution in [0.25, 0.3) is 0 Å². The van der Waals surface area contributed by atoms with Crippen LogP contribution in [0.4, 0.5) is 4.79 Å². The lowest BCUT2D eigenvalue weighted by atomic mass is 10.1. The highest BCUT2D eigenvalue weighted by atomic mass is 16.2. The lowest BCUT2D eigenvalue weighted by Gasteiger charge is -2.30. The van der Waals surface area contributed by atoms with E-state index in [1.165, 1.54) is 4.90 Å². The first-order chi connectivity index (χ1) is 12.0. The maximum Gasteiger partial charge on any atom is 0.324 e. The molecule has 1 aliphatic rings. The number of hydrogen-bond donors (Lipinski definition) is 2. The van der Waals surface area contributed by atoms with Crippen LogP contribution in [-0.4, -0.2) is 41.8 Å². The summed E-state index contributed by atoms with van der Waals surface area (Å²) in [5, 5.41) is 5.52. The minimum Gasteiger partial charge on any atom is -0.310 e. The first-order valence-corrected chi connectivity index (χ1v) is 8.85. The topological polar surface area (TPSA) is 78.5 Å². The van der Waals surface area contributed by atoms with E-state index in [9.17, 15) is 14.4 Å². The van der Waals surface area contributed by atoms with Crippen LogP contribution >= 0.6 is 0 Å². The maximum atomic E-state index is 12.7. The number of amides is 3. The number of benzene rings is 1. The molecule has 0 aliphatic carbocycles. The van der Waals surface area contributed by atoms with Crippen molar-refractivity contribution in [1.29, 1.82) is 0 Å². The van der Waals surface area contributed by atoms with Crippen LogP contribution in [0.2, 0.25) is 0 Å². The summed E-state index contributed by atoms with van der Waals surface area (Å²) in [6, 6.07) is 8.51. The quantitative estimate of drug-likeness (QED) is 0.856. The molecule has 0 saturated carbocycles. The Morgan fingerprint density at radius 1 is 1.28 bits per heavy atom. The number of carbonyl (C=O) groups is 3. The third kappa shape index (κ3) is 5.98. The zero-order valence-corrected chi connectivity index (χ0v) is 15.0. The second-order valence-electron chi connectivity index (χ2n) is 6.87. The zero-order valence-electron chi connectivity index (χ0n) is 15.0. The Balaban J connectivity index is 2.16. The van der Waals surface area contributed by atoms with Gasteiger partial charge in [0.05, 0.1) is 12.6 Å². The van der Waals surface area contributed by atoms with Crippen LogP contribution in [0.5, 0.6) is 0 Å². The van der Waals surface area contributed by atoms with Crippen molar-refractivity contribution in [2.75, 3.05) is 13.1 Å². The van der Waals surface area contributed by atoms with Crippen molar-refractivity contribution >= 4 is 17.7 Å². The number of ketones is 1. The number of urea groups is 1. The molecule has 0 unspecified atom stereocenters. The molecule has 136 valence electrons. The summed E-state index contributed by atoms with van der Waals surface area (Å²) in [4.78, 5) is 38.7. The molecule has 1 aromatic carbocycles. The predicted molar refractivity (Wildman–Crippen MR) is 95.9 cm³/mol. The molecule has 0 bridgehead atoms. The molecule has 1 fully saturated rings. The van der Waals surface area contributed by atoms with Crippen LogP contribution in [0.3, 0.4) is 0 Å². The van der Waals surface area contributed by atoms with E-state index in [4.69, 9.17) is 0 Å². The van der Waals surface area contributed by atoms with Gasteiger partial charge in [-0.2, -0.15) is 0 Å². The molecule has 0 radical (unpaired) electrons. The van der Waals surface area contributed by atoms with Gasteiger partial charge in [-0.15, -0.1) is 0 Å². The molecule has 2 N–H and O–H groups in total. The molecular formula is C19H27N3O3. The molecule has 0 spiro atoms. The van der Waals surface area contributed by atoms with Crippen molar-refractivity contribution < 1.29 is 14.4 Å². The van der Waals surface area contributed by atoms with Gasteiger partial charge < -0.3 is 10.2 Å². The molecule has 2 rings (SSSR count). The normalized spacial score (nSPS) is 17.9. The molecule has 1 aromatic rings. The van der Waals surface area contributed by atoms with Crippen molar-refractivity contribution in [3.63, 3.8) is 0 Å². The van der Waals surface area contributed by atoms with Crippen LogP contribution < -0.4 is 10.6 Å². The van der Waals surface area contributed by atoms with E-state index in [1.807, 2.05) is 44.2 Å². The van der Waals surface area contributed by atoms with Crippen molar-refractivity contribution in [2.45, 2.75) is 45.7 Å². The van der Waals surface area contributed by atoms with Crippen molar-refractivity contribution in [3.8, 4) is 0 Å². The Hall–Kier alpha value is -2.21. The van der Waals surface area contributed by atoms with Crippen LogP contribution in [-0.2, 0) is 16.1 Å². The summed E-state index contributed by atoms with van der Waals surface area (Å²) in [5.41, 5.74) is 0.930. The minimum atomic E-state index is -0.512. The lowest BCUT2D eigenvalue weighted by Crippen LogP contribution is -2.51. The van der Waals surface area contributed by atoms with Crippen molar-refractivity contribution in [1.82, 2.24) is 15.5 Å². The average molecular weight is 345 g/mol. The van der Waals surface area contributed by atoms with E-state index in [2.05, 4.69) is 10.6 Å². The predicted octanol–water partition coefficient (Wildman–Crippen LogP) is 2.09. The summed E-state index contributed by atoms with van der Waals surface area (Å²) in [6.45, 7) is 5.16. The van der Waals surface area contributed by atoms with Crippen molar-refractivity contribution in [2.24, 2.45) is 5.92 Å². The molecular weight excluding hydrogens is 318 g/mol. The molecule has 1 heterocycles. The summed E-state index contributed by atoms with van der Waals surface area (Å²) in [5.74, 6) is -0.156. The minimum absolute atomic E-state index is 0.0140. The number of Topliss-reactive ketones (excluding diaryl/α,β-unsaturated/α-hetero) is 1. The van der Waals surface area contributed by atoms with Gasteiger partial charge in [-0.05, 0) is 30.9 Å². The number of rotatable bonds is 5.